The molecule has 0 rings (SSSR count). The zero-order valence-electron chi connectivity index (χ0n) is 9.31. The van der Waals surface area contributed by atoms with Gasteiger partial charge in [-0.3, -0.25) is 4.99 Å². The van der Waals surface area contributed by atoms with Crippen LogP contribution in [0, 0.1) is 0 Å². The first kappa shape index (κ1) is 13.7. The predicted octanol–water partition coefficient (Wildman–Crippen LogP) is -1.85. The fraction of sp³-hybridized carbons (Fsp3) is 0.750. The largest absolute Gasteiger partial charge is 0.383 e. The fourth-order valence-corrected chi connectivity index (χ4v) is 0.862. The Bertz CT molecular complexity index is 223. The standard InChI is InChI=1S/C8H20N6O/c1-14(5-6-15-2)4-3-12-8(11)13-7(9)10/h3-6H2,1-2H3,(H6,9,10,11,12,13). The maximum absolute atomic E-state index is 5.42. The Hall–Kier alpha value is -1.34. The number of aliphatic imine (C=N–C) groups is 2. The molecule has 0 saturated heterocycles. The van der Waals surface area contributed by atoms with Crippen LogP contribution in [0.2, 0.25) is 0 Å². The highest BCUT2D eigenvalue weighted by atomic mass is 16.5. The maximum atomic E-state index is 5.42. The lowest BCUT2D eigenvalue weighted by Crippen LogP contribution is -2.28. The van der Waals surface area contributed by atoms with Crippen molar-refractivity contribution in [1.29, 1.82) is 0 Å². The van der Waals surface area contributed by atoms with Crippen molar-refractivity contribution in [3.63, 3.8) is 0 Å². The first-order chi connectivity index (χ1) is 7.06. The highest BCUT2D eigenvalue weighted by Crippen LogP contribution is 1.83. The summed E-state index contributed by atoms with van der Waals surface area (Å²) in [5.74, 6) is 0.0270. The Labute approximate surface area is 90.0 Å². The zero-order valence-corrected chi connectivity index (χ0v) is 9.31. The van der Waals surface area contributed by atoms with E-state index in [2.05, 4.69) is 14.9 Å². The Morgan fingerprint density at radius 2 is 1.93 bits per heavy atom. The molecule has 0 aliphatic rings. The van der Waals surface area contributed by atoms with Crippen molar-refractivity contribution in [3.8, 4) is 0 Å². The van der Waals surface area contributed by atoms with Gasteiger partial charge in [0.15, 0.2) is 5.96 Å². The van der Waals surface area contributed by atoms with Gasteiger partial charge in [-0.05, 0) is 7.05 Å². The van der Waals surface area contributed by atoms with Crippen LogP contribution in [-0.4, -0.2) is 57.2 Å². The normalized spacial score (nSPS) is 11.8. The van der Waals surface area contributed by atoms with Gasteiger partial charge in [-0.25, -0.2) is 0 Å². The second-order valence-corrected chi connectivity index (χ2v) is 3.07. The van der Waals surface area contributed by atoms with E-state index >= 15 is 0 Å². The number of likely N-dealkylation sites (N-methyl/N-ethyl adjacent to an activating group) is 1. The number of ether oxygens (including phenoxy) is 1. The average molecular weight is 216 g/mol. The van der Waals surface area contributed by atoms with E-state index in [0.717, 1.165) is 13.1 Å². The Morgan fingerprint density at radius 1 is 1.27 bits per heavy atom. The minimum Gasteiger partial charge on any atom is -0.383 e. The van der Waals surface area contributed by atoms with Gasteiger partial charge in [-0.2, -0.15) is 4.99 Å². The minimum atomic E-state index is -0.0796. The molecule has 0 unspecified atom stereocenters. The van der Waals surface area contributed by atoms with Crippen molar-refractivity contribution < 1.29 is 4.74 Å². The molecule has 7 nitrogen and oxygen atoms in total. The molecule has 0 aliphatic heterocycles. The maximum Gasteiger partial charge on any atom is 0.218 e. The lowest BCUT2D eigenvalue weighted by atomic mass is 10.5. The van der Waals surface area contributed by atoms with Crippen LogP contribution in [0.15, 0.2) is 9.98 Å². The van der Waals surface area contributed by atoms with Gasteiger partial charge in [0.05, 0.1) is 13.2 Å². The van der Waals surface area contributed by atoms with E-state index in [1.165, 1.54) is 0 Å². The van der Waals surface area contributed by atoms with Gasteiger partial charge < -0.3 is 26.8 Å². The number of rotatable bonds is 6. The minimum absolute atomic E-state index is 0.0796. The van der Waals surface area contributed by atoms with Crippen molar-refractivity contribution in [2.45, 2.75) is 0 Å². The van der Waals surface area contributed by atoms with Crippen LogP contribution < -0.4 is 17.2 Å². The van der Waals surface area contributed by atoms with Crippen LogP contribution in [-0.2, 0) is 4.74 Å². The molecule has 88 valence electrons. The van der Waals surface area contributed by atoms with Gasteiger partial charge in [0.1, 0.15) is 0 Å². The van der Waals surface area contributed by atoms with Crippen molar-refractivity contribution in [2.24, 2.45) is 27.2 Å². The second kappa shape index (κ2) is 8.01. The van der Waals surface area contributed by atoms with Gasteiger partial charge in [0.2, 0.25) is 5.96 Å². The summed E-state index contributed by atoms with van der Waals surface area (Å²) in [5, 5.41) is 0. The average Bonchev–Trinajstić information content (AvgIpc) is 2.13. The van der Waals surface area contributed by atoms with Crippen LogP contribution >= 0.6 is 0 Å². The van der Waals surface area contributed by atoms with E-state index in [1.54, 1.807) is 7.11 Å². The lowest BCUT2D eigenvalue weighted by molar-refractivity contribution is 0.163. The van der Waals surface area contributed by atoms with Gasteiger partial charge >= 0.3 is 0 Å². The predicted molar refractivity (Wildman–Crippen MR) is 61.7 cm³/mol. The smallest absolute Gasteiger partial charge is 0.218 e. The van der Waals surface area contributed by atoms with Crippen LogP contribution in [0.25, 0.3) is 0 Å². The fourth-order valence-electron chi connectivity index (χ4n) is 0.862. The summed E-state index contributed by atoms with van der Waals surface area (Å²) in [6, 6.07) is 0. The Balaban J connectivity index is 3.72. The van der Waals surface area contributed by atoms with Gasteiger partial charge in [0.25, 0.3) is 0 Å². The number of methoxy groups -OCH3 is 1. The summed E-state index contributed by atoms with van der Waals surface area (Å²) in [6.45, 7) is 2.89. The molecule has 0 atom stereocenters. The van der Waals surface area contributed by atoms with Crippen LogP contribution in [0.4, 0.5) is 0 Å². The zero-order chi connectivity index (χ0) is 11.7. The highest BCUT2D eigenvalue weighted by Gasteiger charge is 1.96. The molecule has 7 heteroatoms. The van der Waals surface area contributed by atoms with E-state index in [1.807, 2.05) is 7.05 Å². The van der Waals surface area contributed by atoms with Crippen molar-refractivity contribution >= 4 is 11.9 Å². The molecule has 6 N–H and O–H groups in total. The quantitative estimate of drug-likeness (QED) is 0.356. The molecule has 0 aromatic rings. The number of nitrogens with two attached hydrogens (primary N) is 3. The third-order valence-corrected chi connectivity index (χ3v) is 1.68. The van der Waals surface area contributed by atoms with Crippen LogP contribution in [0.1, 0.15) is 0 Å². The topological polar surface area (TPSA) is 115 Å². The Morgan fingerprint density at radius 3 is 2.47 bits per heavy atom. The van der Waals surface area contributed by atoms with E-state index in [0.29, 0.717) is 13.2 Å². The molecular formula is C8H20N6O. The molecule has 0 aliphatic carbocycles. The van der Waals surface area contributed by atoms with Gasteiger partial charge in [-0.1, -0.05) is 0 Å². The highest BCUT2D eigenvalue weighted by molar-refractivity contribution is 5.92. The van der Waals surface area contributed by atoms with E-state index in [-0.39, 0.29) is 11.9 Å². The molecule has 0 radical (unpaired) electrons. The molecule has 0 spiro atoms. The molecule has 0 aromatic heterocycles. The van der Waals surface area contributed by atoms with E-state index in [4.69, 9.17) is 21.9 Å². The molecule has 0 amide bonds. The first-order valence-corrected chi connectivity index (χ1v) is 4.63. The molecule has 0 aromatic carbocycles. The number of nitrogens with zero attached hydrogens (tertiary/aromatic N) is 3. The van der Waals surface area contributed by atoms with Gasteiger partial charge in [0, 0.05) is 20.2 Å². The summed E-state index contributed by atoms with van der Waals surface area (Å²) >= 11 is 0. The van der Waals surface area contributed by atoms with Crippen LogP contribution in [0.5, 0.6) is 0 Å². The monoisotopic (exact) mass is 216 g/mol. The number of hydrogen-bond donors (Lipinski definition) is 3. The molecule has 0 saturated carbocycles. The van der Waals surface area contributed by atoms with E-state index in [9.17, 15) is 0 Å². The van der Waals surface area contributed by atoms with Gasteiger partial charge in [-0.15, -0.1) is 0 Å². The summed E-state index contributed by atoms with van der Waals surface area (Å²) < 4.78 is 4.94. The first-order valence-electron chi connectivity index (χ1n) is 4.63. The van der Waals surface area contributed by atoms with Crippen molar-refractivity contribution in [3.05, 3.63) is 0 Å². The summed E-state index contributed by atoms with van der Waals surface area (Å²) in [6.07, 6.45) is 0. The third-order valence-electron chi connectivity index (χ3n) is 1.68. The number of hydrogen-bond acceptors (Lipinski definition) is 3. The molecular weight excluding hydrogens is 196 g/mol. The Kier molecular flexibility index (Phi) is 7.29. The van der Waals surface area contributed by atoms with E-state index < -0.39 is 0 Å². The third kappa shape index (κ3) is 8.98. The van der Waals surface area contributed by atoms with Crippen molar-refractivity contribution in [1.82, 2.24) is 4.90 Å². The lowest BCUT2D eigenvalue weighted by Gasteiger charge is -2.13. The van der Waals surface area contributed by atoms with Crippen LogP contribution in [0.3, 0.4) is 0 Å². The second-order valence-electron chi connectivity index (χ2n) is 3.07. The molecule has 0 bridgehead atoms. The SMILES string of the molecule is COCCN(C)CCN=C(N)N=C(N)N. The summed E-state index contributed by atoms with van der Waals surface area (Å²) in [5.41, 5.74) is 15.7. The molecule has 0 fully saturated rings. The molecule has 0 heterocycles. The summed E-state index contributed by atoms with van der Waals surface area (Å²) in [7, 11) is 3.65. The summed E-state index contributed by atoms with van der Waals surface area (Å²) in [4.78, 5) is 9.65. The van der Waals surface area contributed by atoms with Crippen molar-refractivity contribution in [2.75, 3.05) is 40.4 Å². The molecule has 15 heavy (non-hydrogen) atoms. The number of guanidine groups is 2.